The number of fused-ring (bicyclic) bond motifs is 1. The van der Waals surface area contributed by atoms with Crippen LogP contribution in [0.15, 0.2) is 28.9 Å². The zero-order valence-corrected chi connectivity index (χ0v) is 16.4. The van der Waals surface area contributed by atoms with Gasteiger partial charge in [-0.25, -0.2) is 0 Å². The number of ketones is 1. The van der Waals surface area contributed by atoms with Crippen molar-refractivity contribution in [3.05, 3.63) is 57.6 Å². The molecule has 0 aliphatic heterocycles. The van der Waals surface area contributed by atoms with E-state index in [1.807, 2.05) is 6.92 Å². The number of nitrogens with zero attached hydrogens (tertiary/aromatic N) is 2. The van der Waals surface area contributed by atoms with E-state index in [0.717, 1.165) is 30.5 Å². The summed E-state index contributed by atoms with van der Waals surface area (Å²) in [6.07, 6.45) is 4.30. The lowest BCUT2D eigenvalue weighted by Gasteiger charge is -2.18. The Bertz CT molecular complexity index is 1010. The molecule has 7 heteroatoms. The van der Waals surface area contributed by atoms with Crippen LogP contribution in [-0.2, 0) is 19.9 Å². The zero-order valence-electron chi connectivity index (χ0n) is 15.5. The molecule has 0 saturated carbocycles. The molecule has 3 aromatic rings. The van der Waals surface area contributed by atoms with Gasteiger partial charge in [0, 0.05) is 11.9 Å². The number of aromatic nitrogens is 2. The molecule has 1 N–H and O–H groups in total. The molecule has 6 nitrogen and oxygen atoms in total. The number of hydrogen-bond donors (Lipinski definition) is 1. The fourth-order valence-electron chi connectivity index (χ4n) is 3.60. The van der Waals surface area contributed by atoms with E-state index in [2.05, 4.69) is 17.3 Å². The average molecular weight is 383 g/mol. The molecule has 3 aromatic heterocycles. The number of carbonyl (C=O) groups excluding carboxylic acids is 2. The van der Waals surface area contributed by atoms with Gasteiger partial charge in [0.25, 0.3) is 5.91 Å². The van der Waals surface area contributed by atoms with Crippen molar-refractivity contribution in [3.63, 3.8) is 0 Å². The Balaban J connectivity index is 1.74. The van der Waals surface area contributed by atoms with Gasteiger partial charge >= 0.3 is 0 Å². The van der Waals surface area contributed by atoms with E-state index in [0.29, 0.717) is 27.9 Å². The Morgan fingerprint density at radius 3 is 2.89 bits per heavy atom. The number of hydrogen-bond acceptors (Lipinski definition) is 5. The van der Waals surface area contributed by atoms with Gasteiger partial charge in [-0.15, -0.1) is 11.3 Å². The summed E-state index contributed by atoms with van der Waals surface area (Å²) in [4.78, 5) is 27.0. The van der Waals surface area contributed by atoms with Crippen molar-refractivity contribution in [1.29, 1.82) is 0 Å². The topological polar surface area (TPSA) is 77.1 Å². The molecule has 140 valence electrons. The van der Waals surface area contributed by atoms with Gasteiger partial charge in [-0.1, -0.05) is 6.92 Å². The monoisotopic (exact) mass is 383 g/mol. The SMILES string of the molecule is Cc1cc(C(=O)Nc2sc3c(c2C(=O)c2ccco2)CC[C@@H](C)C3)n(C)n1. The fourth-order valence-corrected chi connectivity index (χ4v) is 5.00. The second-order valence-corrected chi connectivity index (χ2v) is 8.22. The summed E-state index contributed by atoms with van der Waals surface area (Å²) in [6, 6.07) is 5.09. The first kappa shape index (κ1) is 17.7. The molecule has 0 fully saturated rings. The van der Waals surface area contributed by atoms with Gasteiger partial charge in [-0.05, 0) is 55.9 Å². The van der Waals surface area contributed by atoms with Crippen molar-refractivity contribution in [2.24, 2.45) is 13.0 Å². The molecule has 27 heavy (non-hydrogen) atoms. The minimum Gasteiger partial charge on any atom is -0.461 e. The summed E-state index contributed by atoms with van der Waals surface area (Å²) in [7, 11) is 1.73. The van der Waals surface area contributed by atoms with E-state index < -0.39 is 0 Å². The van der Waals surface area contributed by atoms with Crippen LogP contribution < -0.4 is 5.32 Å². The van der Waals surface area contributed by atoms with Crippen LogP contribution in [0.3, 0.4) is 0 Å². The van der Waals surface area contributed by atoms with Crippen molar-refractivity contribution in [3.8, 4) is 0 Å². The highest BCUT2D eigenvalue weighted by Gasteiger charge is 2.30. The Labute approximate surface area is 161 Å². The van der Waals surface area contributed by atoms with Gasteiger partial charge in [-0.2, -0.15) is 5.10 Å². The van der Waals surface area contributed by atoms with Gasteiger partial charge in [0.15, 0.2) is 5.76 Å². The molecule has 3 heterocycles. The molecule has 1 amide bonds. The predicted octanol–water partition coefficient (Wildman–Crippen LogP) is 3.99. The van der Waals surface area contributed by atoms with Crippen LogP contribution >= 0.6 is 11.3 Å². The molecule has 0 saturated heterocycles. The highest BCUT2D eigenvalue weighted by atomic mass is 32.1. The van der Waals surface area contributed by atoms with E-state index in [-0.39, 0.29) is 11.7 Å². The predicted molar refractivity (Wildman–Crippen MR) is 104 cm³/mol. The largest absolute Gasteiger partial charge is 0.461 e. The summed E-state index contributed by atoms with van der Waals surface area (Å²) in [5.41, 5.74) is 2.86. The van der Waals surface area contributed by atoms with E-state index in [1.54, 1.807) is 29.9 Å². The number of furan rings is 1. The van der Waals surface area contributed by atoms with E-state index in [1.165, 1.54) is 22.5 Å². The lowest BCUT2D eigenvalue weighted by atomic mass is 9.87. The van der Waals surface area contributed by atoms with E-state index >= 15 is 0 Å². The maximum atomic E-state index is 13.1. The van der Waals surface area contributed by atoms with Crippen LogP contribution in [0.5, 0.6) is 0 Å². The Hall–Kier alpha value is -2.67. The molecule has 1 aliphatic carbocycles. The first-order chi connectivity index (χ1) is 12.9. The number of aryl methyl sites for hydroxylation is 2. The van der Waals surface area contributed by atoms with Crippen LogP contribution in [0, 0.1) is 12.8 Å². The van der Waals surface area contributed by atoms with Crippen LogP contribution in [0.25, 0.3) is 0 Å². The molecule has 0 radical (unpaired) electrons. The molecular weight excluding hydrogens is 362 g/mol. The molecule has 1 atom stereocenters. The second-order valence-electron chi connectivity index (χ2n) is 7.11. The third-order valence-electron chi connectivity index (χ3n) is 4.95. The van der Waals surface area contributed by atoms with E-state index in [9.17, 15) is 9.59 Å². The first-order valence-corrected chi connectivity index (χ1v) is 9.80. The lowest BCUT2D eigenvalue weighted by molar-refractivity contribution is 0.101. The molecular formula is C20H21N3O3S. The summed E-state index contributed by atoms with van der Waals surface area (Å²) >= 11 is 1.50. The van der Waals surface area contributed by atoms with Gasteiger partial charge in [-0.3, -0.25) is 14.3 Å². The third kappa shape index (κ3) is 3.23. The fraction of sp³-hybridized carbons (Fsp3) is 0.350. The molecule has 0 aromatic carbocycles. The Kier molecular flexibility index (Phi) is 4.47. The number of thiophene rings is 1. The second kappa shape index (κ2) is 6.81. The van der Waals surface area contributed by atoms with Gasteiger partial charge < -0.3 is 9.73 Å². The molecule has 4 rings (SSSR count). The number of anilines is 1. The molecule has 1 aliphatic rings. The minimum absolute atomic E-state index is 0.177. The van der Waals surface area contributed by atoms with Crippen molar-refractivity contribution in [1.82, 2.24) is 9.78 Å². The number of amides is 1. The quantitative estimate of drug-likeness (QED) is 0.691. The first-order valence-electron chi connectivity index (χ1n) is 8.98. The molecule has 0 unspecified atom stereocenters. The van der Waals surface area contributed by atoms with Crippen LogP contribution in [0.2, 0.25) is 0 Å². The number of nitrogens with one attached hydrogen (secondary N) is 1. The minimum atomic E-state index is -0.266. The van der Waals surface area contributed by atoms with Crippen molar-refractivity contribution in [2.45, 2.75) is 33.1 Å². The number of rotatable bonds is 4. The standard InChI is InChI=1S/C20H21N3O3S/c1-11-6-7-13-16(9-11)27-20(17(13)18(24)15-5-4-8-26-15)21-19(25)14-10-12(2)22-23(14)3/h4-5,8,10-11H,6-7,9H2,1-3H3,(H,21,25)/t11-/m1/s1. The zero-order chi connectivity index (χ0) is 19.1. The van der Waals surface area contributed by atoms with Crippen LogP contribution in [0.4, 0.5) is 5.00 Å². The van der Waals surface area contributed by atoms with Crippen molar-refractivity contribution in [2.75, 3.05) is 5.32 Å². The van der Waals surface area contributed by atoms with Gasteiger partial charge in [0.2, 0.25) is 5.78 Å². The van der Waals surface area contributed by atoms with Crippen LogP contribution in [-0.4, -0.2) is 21.5 Å². The average Bonchev–Trinajstić information content (AvgIpc) is 3.32. The number of carbonyl (C=O) groups is 2. The maximum absolute atomic E-state index is 13.1. The van der Waals surface area contributed by atoms with Gasteiger partial charge in [0.05, 0.1) is 17.5 Å². The lowest BCUT2D eigenvalue weighted by Crippen LogP contribution is -2.18. The maximum Gasteiger partial charge on any atom is 0.274 e. The molecule has 0 bridgehead atoms. The smallest absolute Gasteiger partial charge is 0.274 e. The summed E-state index contributed by atoms with van der Waals surface area (Å²) in [6.45, 7) is 4.06. The van der Waals surface area contributed by atoms with Crippen LogP contribution in [0.1, 0.15) is 56.1 Å². The van der Waals surface area contributed by atoms with Crippen molar-refractivity contribution >= 4 is 28.0 Å². The summed E-state index contributed by atoms with van der Waals surface area (Å²) in [5, 5.41) is 7.77. The normalized spacial score (nSPS) is 16.2. The highest BCUT2D eigenvalue weighted by molar-refractivity contribution is 7.17. The van der Waals surface area contributed by atoms with Gasteiger partial charge in [0.1, 0.15) is 10.7 Å². The third-order valence-corrected chi connectivity index (χ3v) is 6.12. The summed E-state index contributed by atoms with van der Waals surface area (Å²) < 4.78 is 6.88. The molecule has 0 spiro atoms. The Morgan fingerprint density at radius 1 is 1.41 bits per heavy atom. The summed E-state index contributed by atoms with van der Waals surface area (Å²) in [5.74, 6) is 0.425. The van der Waals surface area contributed by atoms with E-state index in [4.69, 9.17) is 4.42 Å². The highest BCUT2D eigenvalue weighted by Crippen LogP contribution is 2.41. The van der Waals surface area contributed by atoms with Crippen molar-refractivity contribution < 1.29 is 14.0 Å². The Morgan fingerprint density at radius 2 is 2.22 bits per heavy atom.